The second kappa shape index (κ2) is 5.96. The van der Waals surface area contributed by atoms with Crippen LogP contribution in [0.4, 0.5) is 0 Å². The van der Waals surface area contributed by atoms with E-state index in [0.29, 0.717) is 16.6 Å². The smallest absolute Gasteiger partial charge is 0.268 e. The molecule has 0 unspecified atom stereocenters. The van der Waals surface area contributed by atoms with Crippen LogP contribution in [-0.2, 0) is 10.3 Å². The van der Waals surface area contributed by atoms with Crippen LogP contribution >= 0.6 is 11.3 Å². The molecule has 3 rings (SSSR count). The maximum atomic E-state index is 8.89. The van der Waals surface area contributed by atoms with Crippen LogP contribution in [0.2, 0.25) is 0 Å². The first-order valence-corrected chi connectivity index (χ1v) is 7.99. The third kappa shape index (κ3) is 2.71. The van der Waals surface area contributed by atoms with Gasteiger partial charge in [0.2, 0.25) is 5.82 Å². The van der Waals surface area contributed by atoms with Crippen molar-refractivity contribution in [1.29, 1.82) is 5.26 Å². The first-order valence-electron chi connectivity index (χ1n) is 7.17. The van der Waals surface area contributed by atoms with Gasteiger partial charge in [0.15, 0.2) is 0 Å². The lowest BCUT2D eigenvalue weighted by Gasteiger charge is -2.27. The Hall–Kier alpha value is -1.71. The summed E-state index contributed by atoms with van der Waals surface area (Å²) in [4.78, 5) is 6.00. The van der Waals surface area contributed by atoms with Crippen molar-refractivity contribution in [2.45, 2.75) is 44.1 Å². The molecule has 0 aliphatic heterocycles. The Bertz CT molecular complexity index is 648. The van der Waals surface area contributed by atoms with Gasteiger partial charge in [0.05, 0.1) is 4.88 Å². The molecule has 0 radical (unpaired) electrons. The lowest BCUT2D eigenvalue weighted by atomic mass is 9.93. The van der Waals surface area contributed by atoms with Crippen molar-refractivity contribution in [1.82, 2.24) is 10.1 Å². The molecule has 2 aromatic heterocycles. The highest BCUT2D eigenvalue weighted by molar-refractivity contribution is 7.15. The molecular weight excluding hydrogens is 286 g/mol. The Morgan fingerprint density at radius 2 is 2.05 bits per heavy atom. The molecule has 2 aromatic rings. The van der Waals surface area contributed by atoms with Gasteiger partial charge in [-0.15, -0.1) is 11.3 Å². The van der Waals surface area contributed by atoms with Crippen molar-refractivity contribution in [3.8, 4) is 16.8 Å². The van der Waals surface area contributed by atoms with Crippen LogP contribution < -0.4 is 0 Å². The normalized spacial score (nSPS) is 18.1. The maximum Gasteiger partial charge on any atom is 0.268 e. The summed E-state index contributed by atoms with van der Waals surface area (Å²) in [6.07, 6.45) is 6.55. The van der Waals surface area contributed by atoms with Gasteiger partial charge in [-0.1, -0.05) is 30.8 Å². The largest absolute Gasteiger partial charge is 0.370 e. The molecule has 0 bridgehead atoms. The monoisotopic (exact) mass is 303 g/mol. The number of thiophene rings is 1. The van der Waals surface area contributed by atoms with Gasteiger partial charge >= 0.3 is 0 Å². The summed E-state index contributed by atoms with van der Waals surface area (Å²) >= 11 is 1.36. The van der Waals surface area contributed by atoms with Crippen molar-refractivity contribution in [2.75, 3.05) is 7.11 Å². The highest BCUT2D eigenvalue weighted by atomic mass is 32.1. The Morgan fingerprint density at radius 3 is 2.67 bits per heavy atom. The average molecular weight is 303 g/mol. The number of hydrogen-bond donors (Lipinski definition) is 0. The van der Waals surface area contributed by atoms with E-state index in [-0.39, 0.29) is 0 Å². The van der Waals surface area contributed by atoms with Crippen LogP contribution in [0.1, 0.15) is 49.2 Å². The molecule has 5 nitrogen and oxygen atoms in total. The quantitative estimate of drug-likeness (QED) is 0.805. The van der Waals surface area contributed by atoms with Gasteiger partial charge in [0.25, 0.3) is 5.89 Å². The molecule has 0 aromatic carbocycles. The number of ether oxygens (including phenoxy) is 1. The third-order valence-corrected chi connectivity index (χ3v) is 5.04. The van der Waals surface area contributed by atoms with Crippen LogP contribution in [0.3, 0.4) is 0 Å². The second-order valence-electron chi connectivity index (χ2n) is 5.31. The summed E-state index contributed by atoms with van der Waals surface area (Å²) in [5.74, 6) is 1.10. The standard InChI is InChI=1S/C15H17N3O2S/c1-19-15(8-4-2-3-5-9-15)14-17-13(20-18-14)12-7-6-11(10-16)21-12/h6-7H,2-5,8-9H2,1H3. The molecule has 1 fully saturated rings. The summed E-state index contributed by atoms with van der Waals surface area (Å²) in [5, 5.41) is 13.0. The molecule has 110 valence electrons. The molecule has 0 N–H and O–H groups in total. The summed E-state index contributed by atoms with van der Waals surface area (Å²) < 4.78 is 11.2. The molecule has 2 heterocycles. The number of rotatable bonds is 3. The van der Waals surface area contributed by atoms with Crippen LogP contribution in [0.5, 0.6) is 0 Å². The minimum atomic E-state index is -0.423. The van der Waals surface area contributed by atoms with E-state index in [4.69, 9.17) is 14.5 Å². The van der Waals surface area contributed by atoms with Crippen molar-refractivity contribution in [2.24, 2.45) is 0 Å². The Morgan fingerprint density at radius 1 is 1.29 bits per heavy atom. The predicted octanol–water partition coefficient (Wildman–Crippen LogP) is 3.87. The van der Waals surface area contributed by atoms with Gasteiger partial charge in [-0.2, -0.15) is 10.2 Å². The van der Waals surface area contributed by atoms with Crippen LogP contribution in [0, 0.1) is 11.3 Å². The van der Waals surface area contributed by atoms with Crippen LogP contribution in [0.15, 0.2) is 16.7 Å². The molecular formula is C15H17N3O2S. The zero-order valence-electron chi connectivity index (χ0n) is 12.0. The first-order chi connectivity index (χ1) is 10.3. The minimum Gasteiger partial charge on any atom is -0.370 e. The summed E-state index contributed by atoms with van der Waals surface area (Å²) in [7, 11) is 1.72. The van der Waals surface area contributed by atoms with Crippen molar-refractivity contribution < 1.29 is 9.26 Å². The summed E-state index contributed by atoms with van der Waals surface area (Å²) in [6.45, 7) is 0. The van der Waals surface area contributed by atoms with E-state index < -0.39 is 5.60 Å². The highest BCUT2D eigenvalue weighted by Gasteiger charge is 2.37. The second-order valence-corrected chi connectivity index (χ2v) is 6.40. The fourth-order valence-electron chi connectivity index (χ4n) is 2.84. The Labute approximate surface area is 127 Å². The van der Waals surface area contributed by atoms with Gasteiger partial charge in [0.1, 0.15) is 16.5 Å². The molecule has 1 saturated carbocycles. The molecule has 0 atom stereocenters. The van der Waals surface area contributed by atoms with Gasteiger partial charge < -0.3 is 9.26 Å². The van der Waals surface area contributed by atoms with Gasteiger partial charge in [0, 0.05) is 7.11 Å². The van der Waals surface area contributed by atoms with E-state index in [1.54, 1.807) is 13.2 Å². The number of hydrogen-bond acceptors (Lipinski definition) is 6. The van der Waals surface area contributed by atoms with Crippen molar-refractivity contribution >= 4 is 11.3 Å². The Balaban J connectivity index is 1.90. The van der Waals surface area contributed by atoms with E-state index in [9.17, 15) is 0 Å². The van der Waals surface area contributed by atoms with E-state index in [1.165, 1.54) is 24.2 Å². The summed E-state index contributed by atoms with van der Waals surface area (Å²) in [5.41, 5.74) is -0.423. The van der Waals surface area contributed by atoms with E-state index >= 15 is 0 Å². The van der Waals surface area contributed by atoms with Gasteiger partial charge in [-0.3, -0.25) is 0 Å². The Kier molecular flexibility index (Phi) is 4.04. The van der Waals surface area contributed by atoms with Gasteiger partial charge in [-0.05, 0) is 25.0 Å². The zero-order valence-corrected chi connectivity index (χ0v) is 12.8. The molecule has 0 saturated heterocycles. The third-order valence-electron chi connectivity index (χ3n) is 4.06. The molecule has 21 heavy (non-hydrogen) atoms. The summed E-state index contributed by atoms with van der Waals surface area (Å²) in [6, 6.07) is 5.72. The number of nitrogens with zero attached hydrogens (tertiary/aromatic N) is 3. The fourth-order valence-corrected chi connectivity index (χ4v) is 3.57. The lowest BCUT2D eigenvalue weighted by Crippen LogP contribution is -2.29. The molecule has 0 spiro atoms. The zero-order chi connectivity index (χ0) is 14.7. The fraction of sp³-hybridized carbons (Fsp3) is 0.533. The average Bonchev–Trinajstić information content (AvgIpc) is 3.12. The van der Waals surface area contributed by atoms with Crippen LogP contribution in [-0.4, -0.2) is 17.3 Å². The topological polar surface area (TPSA) is 71.9 Å². The van der Waals surface area contributed by atoms with Crippen molar-refractivity contribution in [3.63, 3.8) is 0 Å². The van der Waals surface area contributed by atoms with E-state index in [1.807, 2.05) is 6.07 Å². The highest BCUT2D eigenvalue weighted by Crippen LogP contribution is 2.38. The lowest BCUT2D eigenvalue weighted by molar-refractivity contribution is -0.0365. The van der Waals surface area contributed by atoms with Crippen LogP contribution in [0.25, 0.3) is 10.8 Å². The van der Waals surface area contributed by atoms with E-state index in [0.717, 1.165) is 30.6 Å². The van der Waals surface area contributed by atoms with Gasteiger partial charge in [-0.25, -0.2) is 0 Å². The molecule has 1 aliphatic carbocycles. The molecule has 6 heteroatoms. The number of aromatic nitrogens is 2. The predicted molar refractivity (Wildman–Crippen MR) is 78.7 cm³/mol. The van der Waals surface area contributed by atoms with Crippen molar-refractivity contribution in [3.05, 3.63) is 22.8 Å². The maximum absolute atomic E-state index is 8.89. The number of nitriles is 1. The first kappa shape index (κ1) is 14.2. The van der Waals surface area contributed by atoms with E-state index in [2.05, 4.69) is 16.2 Å². The SMILES string of the molecule is COC1(c2noc(-c3ccc(C#N)s3)n2)CCCCCC1. The molecule has 0 amide bonds. The number of methoxy groups -OCH3 is 1. The molecule has 1 aliphatic rings. The minimum absolute atomic E-state index is 0.423.